The monoisotopic (exact) mass is 281 g/mol. The van der Waals surface area contributed by atoms with Crippen molar-refractivity contribution in [2.45, 2.75) is 12.8 Å². The molecule has 0 atom stereocenters. The van der Waals surface area contributed by atoms with Crippen LogP contribution >= 0.6 is 0 Å². The third-order valence-corrected chi connectivity index (χ3v) is 2.37. The Balaban J connectivity index is 2.68. The van der Waals surface area contributed by atoms with Crippen LogP contribution in [0.2, 0.25) is 0 Å². The van der Waals surface area contributed by atoms with E-state index < -0.39 is 10.9 Å². The van der Waals surface area contributed by atoms with Crippen molar-refractivity contribution in [1.82, 2.24) is 0 Å². The Hall–Kier alpha value is -2.57. The van der Waals surface area contributed by atoms with Gasteiger partial charge in [-0.05, 0) is 24.1 Å². The Morgan fingerprint density at radius 1 is 1.45 bits per heavy atom. The minimum absolute atomic E-state index is 0.0337. The summed E-state index contributed by atoms with van der Waals surface area (Å²) in [6.07, 6.45) is 2.60. The number of nitrogens with zero attached hydrogens (tertiary/aromatic N) is 1. The van der Waals surface area contributed by atoms with Crippen molar-refractivity contribution < 1.29 is 24.3 Å². The third-order valence-electron chi connectivity index (χ3n) is 2.37. The average molecular weight is 281 g/mol. The second kappa shape index (κ2) is 7.78. The molecule has 0 aliphatic carbocycles. The number of carbonyl (C=O) groups is 1. The number of hydrogen-bond acceptors (Lipinski definition) is 5. The lowest BCUT2D eigenvalue weighted by molar-refractivity contribution is -0.400. The van der Waals surface area contributed by atoms with Crippen LogP contribution in [-0.4, -0.2) is 29.7 Å². The molecule has 0 spiro atoms. The highest BCUT2D eigenvalue weighted by molar-refractivity contribution is 5.66. The first-order valence-electron chi connectivity index (χ1n) is 5.87. The van der Waals surface area contributed by atoms with E-state index in [0.29, 0.717) is 23.5 Å². The quantitative estimate of drug-likeness (QED) is 0.445. The van der Waals surface area contributed by atoms with Crippen LogP contribution in [0.25, 0.3) is 6.08 Å². The normalized spacial score (nSPS) is 10.4. The highest BCUT2D eigenvalue weighted by atomic mass is 16.6. The summed E-state index contributed by atoms with van der Waals surface area (Å²) < 4.78 is 10.5. The van der Waals surface area contributed by atoms with Crippen LogP contribution in [0.4, 0.5) is 0 Å². The lowest BCUT2D eigenvalue weighted by Gasteiger charge is -2.10. The first kappa shape index (κ1) is 15.5. The van der Waals surface area contributed by atoms with Gasteiger partial charge in [-0.1, -0.05) is 6.07 Å². The van der Waals surface area contributed by atoms with E-state index in [2.05, 4.69) is 0 Å². The molecule has 0 aliphatic rings. The summed E-state index contributed by atoms with van der Waals surface area (Å²) >= 11 is 0. The molecule has 0 aliphatic heterocycles. The Kier molecular flexibility index (Phi) is 6.02. The predicted octanol–water partition coefficient (Wildman–Crippen LogP) is 2.19. The van der Waals surface area contributed by atoms with Crippen molar-refractivity contribution in [2.24, 2.45) is 0 Å². The lowest BCUT2D eigenvalue weighted by atomic mass is 10.2. The summed E-state index contributed by atoms with van der Waals surface area (Å²) in [6, 6.07) is 4.88. The summed E-state index contributed by atoms with van der Waals surface area (Å²) in [5, 5.41) is 18.7. The van der Waals surface area contributed by atoms with Gasteiger partial charge < -0.3 is 14.6 Å². The van der Waals surface area contributed by atoms with E-state index >= 15 is 0 Å². The zero-order valence-corrected chi connectivity index (χ0v) is 10.9. The second-order valence-electron chi connectivity index (χ2n) is 3.86. The Morgan fingerprint density at radius 3 is 2.80 bits per heavy atom. The van der Waals surface area contributed by atoms with E-state index in [0.717, 1.165) is 6.20 Å². The maximum atomic E-state index is 10.4. The Labute approximate surface area is 115 Å². The molecule has 0 saturated carbocycles. The highest BCUT2D eigenvalue weighted by Crippen LogP contribution is 2.28. The number of rotatable bonds is 8. The van der Waals surface area contributed by atoms with Crippen molar-refractivity contribution in [1.29, 1.82) is 0 Å². The van der Waals surface area contributed by atoms with Crippen molar-refractivity contribution >= 4 is 12.0 Å². The molecule has 7 nitrogen and oxygen atoms in total. The van der Waals surface area contributed by atoms with Crippen LogP contribution < -0.4 is 9.47 Å². The highest BCUT2D eigenvalue weighted by Gasteiger charge is 2.06. The number of nitro groups is 1. The van der Waals surface area contributed by atoms with E-state index in [1.807, 2.05) is 0 Å². The fourth-order valence-electron chi connectivity index (χ4n) is 1.46. The summed E-state index contributed by atoms with van der Waals surface area (Å²) in [5.41, 5.74) is 0.608. The van der Waals surface area contributed by atoms with Crippen molar-refractivity contribution in [2.75, 3.05) is 13.7 Å². The van der Waals surface area contributed by atoms with Gasteiger partial charge in [0.1, 0.15) is 0 Å². The molecule has 1 N–H and O–H groups in total. The molecule has 7 heteroatoms. The van der Waals surface area contributed by atoms with E-state index in [1.54, 1.807) is 18.2 Å². The third kappa shape index (κ3) is 5.38. The molecule has 1 aromatic rings. The van der Waals surface area contributed by atoms with E-state index in [1.165, 1.54) is 13.2 Å². The summed E-state index contributed by atoms with van der Waals surface area (Å²) in [7, 11) is 1.46. The molecular weight excluding hydrogens is 266 g/mol. The van der Waals surface area contributed by atoms with E-state index in [4.69, 9.17) is 14.6 Å². The van der Waals surface area contributed by atoms with Crippen LogP contribution in [0.3, 0.4) is 0 Å². The van der Waals surface area contributed by atoms with Crippen LogP contribution in [0.1, 0.15) is 18.4 Å². The van der Waals surface area contributed by atoms with Crippen LogP contribution in [-0.2, 0) is 4.79 Å². The van der Waals surface area contributed by atoms with Gasteiger partial charge in [-0.25, -0.2) is 0 Å². The van der Waals surface area contributed by atoms with Crippen LogP contribution in [0, 0.1) is 10.1 Å². The van der Waals surface area contributed by atoms with Gasteiger partial charge in [0.2, 0.25) is 6.20 Å². The topological polar surface area (TPSA) is 98.9 Å². The molecular formula is C13H15NO6. The molecule has 0 saturated heterocycles. The molecule has 0 aromatic heterocycles. The molecule has 0 fully saturated rings. The van der Waals surface area contributed by atoms with Gasteiger partial charge in [-0.2, -0.15) is 0 Å². The van der Waals surface area contributed by atoms with Gasteiger partial charge in [0.05, 0.1) is 18.6 Å². The maximum Gasteiger partial charge on any atom is 0.303 e. The number of carboxylic acids is 1. The number of methoxy groups -OCH3 is 1. The average Bonchev–Trinajstić information content (AvgIpc) is 2.41. The summed E-state index contributed by atoms with van der Waals surface area (Å²) in [6.45, 7) is 0.257. The minimum Gasteiger partial charge on any atom is -0.493 e. The van der Waals surface area contributed by atoms with Crippen LogP contribution in [0.5, 0.6) is 11.5 Å². The minimum atomic E-state index is -0.874. The van der Waals surface area contributed by atoms with Gasteiger partial charge in [0, 0.05) is 12.5 Å². The van der Waals surface area contributed by atoms with Gasteiger partial charge in [0.25, 0.3) is 0 Å². The van der Waals surface area contributed by atoms with Crippen molar-refractivity contribution in [3.63, 3.8) is 0 Å². The molecule has 0 heterocycles. The fourth-order valence-corrected chi connectivity index (χ4v) is 1.46. The number of benzene rings is 1. The molecule has 0 radical (unpaired) electrons. The zero-order valence-electron chi connectivity index (χ0n) is 10.9. The molecule has 0 amide bonds. The predicted molar refractivity (Wildman–Crippen MR) is 71.4 cm³/mol. The van der Waals surface area contributed by atoms with E-state index in [-0.39, 0.29) is 13.0 Å². The Morgan fingerprint density at radius 2 is 2.20 bits per heavy atom. The number of ether oxygens (including phenoxy) is 2. The number of hydrogen-bond donors (Lipinski definition) is 1. The van der Waals surface area contributed by atoms with Gasteiger partial charge in [0.15, 0.2) is 11.5 Å². The lowest BCUT2D eigenvalue weighted by Crippen LogP contribution is -2.03. The molecule has 1 rings (SSSR count). The van der Waals surface area contributed by atoms with Gasteiger partial charge >= 0.3 is 5.97 Å². The first-order chi connectivity index (χ1) is 9.52. The number of carboxylic acid groups (broad SMARTS) is 1. The largest absolute Gasteiger partial charge is 0.493 e. The fraction of sp³-hybridized carbons (Fsp3) is 0.308. The molecule has 1 aromatic carbocycles. The standard InChI is InChI=1S/C13H15NO6/c1-19-12-9-10(6-7-14(17)18)4-5-11(12)20-8-2-3-13(15)16/h4-7,9H,2-3,8H2,1H3,(H,15,16). The van der Waals surface area contributed by atoms with Crippen molar-refractivity contribution in [3.8, 4) is 11.5 Å². The van der Waals surface area contributed by atoms with Gasteiger partial charge in [-0.15, -0.1) is 0 Å². The van der Waals surface area contributed by atoms with E-state index in [9.17, 15) is 14.9 Å². The van der Waals surface area contributed by atoms with Crippen LogP contribution in [0.15, 0.2) is 24.4 Å². The second-order valence-corrected chi connectivity index (χ2v) is 3.86. The molecule has 0 unspecified atom stereocenters. The zero-order chi connectivity index (χ0) is 15.0. The number of aliphatic carboxylic acids is 1. The van der Waals surface area contributed by atoms with Gasteiger partial charge in [-0.3, -0.25) is 14.9 Å². The maximum absolute atomic E-state index is 10.4. The molecule has 0 bridgehead atoms. The SMILES string of the molecule is COc1cc(C=C[N+](=O)[O-])ccc1OCCCC(=O)O. The smallest absolute Gasteiger partial charge is 0.303 e. The molecule has 108 valence electrons. The Bertz CT molecular complexity index is 512. The molecule has 20 heavy (non-hydrogen) atoms. The summed E-state index contributed by atoms with van der Waals surface area (Å²) in [4.78, 5) is 20.0. The summed E-state index contributed by atoms with van der Waals surface area (Å²) in [5.74, 6) is 0.0304. The van der Waals surface area contributed by atoms with Crippen molar-refractivity contribution in [3.05, 3.63) is 40.1 Å². The first-order valence-corrected chi connectivity index (χ1v) is 5.87.